The van der Waals surface area contributed by atoms with Gasteiger partial charge in [-0.1, -0.05) is 0 Å². The Bertz CT molecular complexity index is 1130. The number of likely N-dealkylation sites (tertiary alicyclic amines) is 1. The van der Waals surface area contributed by atoms with E-state index in [2.05, 4.69) is 11.3 Å². The lowest BCUT2D eigenvalue weighted by Gasteiger charge is -2.41. The first-order valence-electron chi connectivity index (χ1n) is 12.4. The predicted octanol–water partition coefficient (Wildman–Crippen LogP) is 4.79. The molecule has 2 amide bonds. The Morgan fingerprint density at radius 2 is 1.83 bits per heavy atom. The summed E-state index contributed by atoms with van der Waals surface area (Å²) in [6.07, 6.45) is 6.99. The molecule has 1 saturated carbocycles. The van der Waals surface area contributed by atoms with Crippen LogP contribution in [0.25, 0.3) is 11.1 Å². The van der Waals surface area contributed by atoms with E-state index in [0.29, 0.717) is 19.1 Å². The molecule has 1 atom stereocenters. The Morgan fingerprint density at radius 1 is 1.09 bits per heavy atom. The number of benzene rings is 1. The molecule has 3 aliphatic rings. The minimum absolute atomic E-state index is 0.0256. The fraction of sp³-hybridized carbons (Fsp3) is 0.577. The monoisotopic (exact) mass is 482 g/mol. The average molecular weight is 483 g/mol. The minimum atomic E-state index is -0.537. The van der Waals surface area contributed by atoms with Crippen LogP contribution >= 0.6 is 0 Å². The van der Waals surface area contributed by atoms with Crippen molar-refractivity contribution in [2.24, 2.45) is 0 Å². The van der Waals surface area contributed by atoms with Crippen LogP contribution in [-0.4, -0.2) is 64.8 Å². The lowest BCUT2D eigenvalue weighted by molar-refractivity contribution is -0.0222. The molecular formula is C26H34N4O5. The second kappa shape index (κ2) is 8.77. The van der Waals surface area contributed by atoms with Gasteiger partial charge in [-0.3, -0.25) is 9.58 Å². The third-order valence-corrected chi connectivity index (χ3v) is 6.74. The van der Waals surface area contributed by atoms with Crippen LogP contribution in [-0.2, 0) is 15.9 Å². The summed E-state index contributed by atoms with van der Waals surface area (Å²) in [5.74, 6) is 0.757. The maximum absolute atomic E-state index is 12.6. The SMILES string of the molecule is COC(=O)N1c2ccc(-c3cnn(C4CC4)c3)c(OC3CN(C(=O)OC(C)(C)C)C3)c2CCC1C. The number of amides is 2. The first-order valence-corrected chi connectivity index (χ1v) is 12.4. The van der Waals surface area contributed by atoms with Gasteiger partial charge in [0.2, 0.25) is 0 Å². The summed E-state index contributed by atoms with van der Waals surface area (Å²) in [4.78, 5) is 28.4. The smallest absolute Gasteiger partial charge is 0.414 e. The summed E-state index contributed by atoms with van der Waals surface area (Å²) in [5, 5.41) is 4.57. The Kier molecular flexibility index (Phi) is 5.89. The summed E-state index contributed by atoms with van der Waals surface area (Å²) in [6, 6.07) is 4.49. The number of carbonyl (C=O) groups excluding carboxylic acids is 2. The lowest BCUT2D eigenvalue weighted by Crippen LogP contribution is -2.57. The molecule has 9 heteroatoms. The van der Waals surface area contributed by atoms with Gasteiger partial charge in [0.05, 0.1) is 38.1 Å². The van der Waals surface area contributed by atoms with E-state index in [1.807, 2.05) is 50.7 Å². The van der Waals surface area contributed by atoms with Gasteiger partial charge in [0.15, 0.2) is 0 Å². The molecular weight excluding hydrogens is 448 g/mol. The van der Waals surface area contributed by atoms with Gasteiger partial charge in [-0.15, -0.1) is 0 Å². The second-order valence-electron chi connectivity index (χ2n) is 10.7. The molecule has 0 N–H and O–H groups in total. The van der Waals surface area contributed by atoms with E-state index in [-0.39, 0.29) is 24.3 Å². The highest BCUT2D eigenvalue weighted by Crippen LogP contribution is 2.45. The third kappa shape index (κ3) is 4.68. The molecule has 1 aromatic heterocycles. The number of hydrogen-bond acceptors (Lipinski definition) is 6. The summed E-state index contributed by atoms with van der Waals surface area (Å²) in [6.45, 7) is 8.51. The largest absolute Gasteiger partial charge is 0.486 e. The molecule has 3 heterocycles. The van der Waals surface area contributed by atoms with Gasteiger partial charge in [-0.2, -0.15) is 5.10 Å². The molecule has 2 fully saturated rings. The van der Waals surface area contributed by atoms with E-state index in [4.69, 9.17) is 14.2 Å². The van der Waals surface area contributed by atoms with Crippen molar-refractivity contribution in [3.8, 4) is 16.9 Å². The zero-order valence-corrected chi connectivity index (χ0v) is 21.1. The number of hydrogen-bond donors (Lipinski definition) is 0. The standard InChI is InChI=1S/C26H34N4O5/c1-16-6-9-21-22(30(16)25(32)33-5)11-10-20(17-12-27-29(13-17)18-7-8-18)23(21)34-19-14-28(15-19)24(31)35-26(2,3)4/h10-13,16,18-19H,6-9,14-15H2,1-5H3. The lowest BCUT2D eigenvalue weighted by atomic mass is 9.92. The Labute approximate surface area is 205 Å². The van der Waals surface area contributed by atoms with Crippen molar-refractivity contribution >= 4 is 17.9 Å². The van der Waals surface area contributed by atoms with Crippen LogP contribution in [0.1, 0.15) is 58.6 Å². The number of aromatic nitrogens is 2. The Hall–Kier alpha value is -3.23. The molecule has 2 aromatic rings. The third-order valence-electron chi connectivity index (χ3n) is 6.74. The molecule has 9 nitrogen and oxygen atoms in total. The first kappa shape index (κ1) is 23.5. The van der Waals surface area contributed by atoms with Crippen molar-refractivity contribution in [3.63, 3.8) is 0 Å². The number of fused-ring (bicyclic) bond motifs is 1. The van der Waals surface area contributed by atoms with Gasteiger partial charge < -0.3 is 19.1 Å². The Morgan fingerprint density at radius 3 is 2.49 bits per heavy atom. The molecule has 1 aliphatic carbocycles. The summed E-state index contributed by atoms with van der Waals surface area (Å²) in [7, 11) is 1.40. The van der Waals surface area contributed by atoms with Gasteiger partial charge in [0.25, 0.3) is 0 Å². The van der Waals surface area contributed by atoms with Crippen molar-refractivity contribution in [1.29, 1.82) is 0 Å². The van der Waals surface area contributed by atoms with Crippen molar-refractivity contribution < 1.29 is 23.8 Å². The van der Waals surface area contributed by atoms with Gasteiger partial charge in [-0.25, -0.2) is 9.59 Å². The highest BCUT2D eigenvalue weighted by molar-refractivity contribution is 5.92. The molecule has 0 spiro atoms. The van der Waals surface area contributed by atoms with Gasteiger partial charge >= 0.3 is 12.2 Å². The molecule has 1 saturated heterocycles. The van der Waals surface area contributed by atoms with Gasteiger partial charge in [0.1, 0.15) is 17.5 Å². The number of carbonyl (C=O) groups is 2. The van der Waals surface area contributed by atoms with Crippen molar-refractivity contribution in [1.82, 2.24) is 14.7 Å². The minimum Gasteiger partial charge on any atom is -0.486 e. The summed E-state index contributed by atoms with van der Waals surface area (Å²) >= 11 is 0. The number of ether oxygens (including phenoxy) is 3. The molecule has 1 aromatic carbocycles. The zero-order chi connectivity index (χ0) is 24.9. The highest BCUT2D eigenvalue weighted by atomic mass is 16.6. The molecule has 0 bridgehead atoms. The van der Waals surface area contributed by atoms with E-state index in [1.165, 1.54) is 7.11 Å². The van der Waals surface area contributed by atoms with E-state index in [1.54, 1.807) is 9.80 Å². The summed E-state index contributed by atoms with van der Waals surface area (Å²) < 4.78 is 19.1. The van der Waals surface area contributed by atoms with Crippen LogP contribution in [0.15, 0.2) is 24.5 Å². The van der Waals surface area contributed by atoms with E-state index < -0.39 is 5.60 Å². The van der Waals surface area contributed by atoms with Gasteiger partial charge in [0, 0.05) is 28.9 Å². The fourth-order valence-electron chi connectivity index (χ4n) is 4.71. The Balaban J connectivity index is 1.45. The van der Waals surface area contributed by atoms with Crippen molar-refractivity contribution in [3.05, 3.63) is 30.1 Å². The number of anilines is 1. The fourth-order valence-corrected chi connectivity index (χ4v) is 4.71. The van der Waals surface area contributed by atoms with Crippen LogP contribution < -0.4 is 9.64 Å². The van der Waals surface area contributed by atoms with Crippen molar-refractivity contribution in [2.45, 2.75) is 77.2 Å². The average Bonchev–Trinajstić information content (AvgIpc) is 3.50. The molecule has 188 valence electrons. The van der Waals surface area contributed by atoms with Crippen LogP contribution in [0.2, 0.25) is 0 Å². The van der Waals surface area contributed by atoms with Crippen LogP contribution in [0, 0.1) is 0 Å². The summed E-state index contributed by atoms with van der Waals surface area (Å²) in [5.41, 5.74) is 3.20. The van der Waals surface area contributed by atoms with Crippen LogP contribution in [0.4, 0.5) is 15.3 Å². The van der Waals surface area contributed by atoms with Crippen molar-refractivity contribution in [2.75, 3.05) is 25.1 Å². The molecule has 2 aliphatic heterocycles. The topological polar surface area (TPSA) is 86.1 Å². The number of methoxy groups -OCH3 is 1. The molecule has 0 radical (unpaired) electrons. The first-order chi connectivity index (χ1) is 16.6. The number of nitrogens with zero attached hydrogens (tertiary/aromatic N) is 4. The van der Waals surface area contributed by atoms with E-state index >= 15 is 0 Å². The van der Waals surface area contributed by atoms with Crippen LogP contribution in [0.5, 0.6) is 5.75 Å². The van der Waals surface area contributed by atoms with E-state index in [0.717, 1.165) is 53.8 Å². The zero-order valence-electron chi connectivity index (χ0n) is 21.1. The normalized spacial score (nSPS) is 20.2. The number of rotatable bonds is 4. The second-order valence-corrected chi connectivity index (χ2v) is 10.7. The molecule has 1 unspecified atom stereocenters. The highest BCUT2D eigenvalue weighted by Gasteiger charge is 2.38. The van der Waals surface area contributed by atoms with Crippen LogP contribution in [0.3, 0.4) is 0 Å². The van der Waals surface area contributed by atoms with Gasteiger partial charge in [-0.05, 0) is 65.5 Å². The maximum Gasteiger partial charge on any atom is 0.414 e. The van der Waals surface area contributed by atoms with E-state index in [9.17, 15) is 9.59 Å². The predicted molar refractivity (Wildman–Crippen MR) is 131 cm³/mol. The maximum atomic E-state index is 12.6. The molecule has 5 rings (SSSR count). The quantitative estimate of drug-likeness (QED) is 0.623. The molecule has 35 heavy (non-hydrogen) atoms.